The van der Waals surface area contributed by atoms with Gasteiger partial charge in [-0.15, -0.1) is 0 Å². The third-order valence-electron chi connectivity index (χ3n) is 4.27. The molecule has 0 atom stereocenters. The molecule has 0 radical (unpaired) electrons. The highest BCUT2D eigenvalue weighted by atomic mass is 19.4. The van der Waals surface area contributed by atoms with Crippen LogP contribution in [0.5, 0.6) is 0 Å². The van der Waals surface area contributed by atoms with Gasteiger partial charge in [0.05, 0.1) is 5.56 Å². The minimum Gasteiger partial charge on any atom is -0.444 e. The molecule has 1 fully saturated rings. The number of carbonyl (C=O) groups is 1. The first-order valence-corrected chi connectivity index (χ1v) is 9.12. The molecule has 0 saturated carbocycles. The molecule has 5 nitrogen and oxygen atoms in total. The third-order valence-corrected chi connectivity index (χ3v) is 4.27. The molecule has 152 valence electrons. The van der Waals surface area contributed by atoms with Crippen molar-refractivity contribution in [3.8, 4) is 0 Å². The van der Waals surface area contributed by atoms with Crippen LogP contribution in [0, 0.1) is 0 Å². The summed E-state index contributed by atoms with van der Waals surface area (Å²) in [5.41, 5.74) is -0.853. The first-order chi connectivity index (χ1) is 12.6. The van der Waals surface area contributed by atoms with Gasteiger partial charge in [0.1, 0.15) is 5.60 Å². The smallest absolute Gasteiger partial charge is 0.416 e. The maximum Gasteiger partial charge on any atom is 0.416 e. The second kappa shape index (κ2) is 8.93. The molecular formula is C19H28F3N3O2. The molecule has 1 aliphatic heterocycles. The first-order valence-electron chi connectivity index (χ1n) is 9.12. The van der Waals surface area contributed by atoms with Crippen molar-refractivity contribution in [2.45, 2.75) is 39.1 Å². The molecule has 1 aliphatic rings. The van der Waals surface area contributed by atoms with Crippen LogP contribution in [0.25, 0.3) is 0 Å². The molecule has 8 heteroatoms. The molecule has 1 N–H and O–H groups in total. The van der Waals surface area contributed by atoms with E-state index in [2.05, 4.69) is 10.2 Å². The number of halogens is 3. The summed E-state index contributed by atoms with van der Waals surface area (Å²) in [6, 6.07) is 5.61. The Morgan fingerprint density at radius 2 is 1.74 bits per heavy atom. The Morgan fingerprint density at radius 3 is 2.33 bits per heavy atom. The number of hydrogen-bond donors (Lipinski definition) is 1. The second-order valence-electron chi connectivity index (χ2n) is 7.64. The monoisotopic (exact) mass is 387 g/mol. The molecular weight excluding hydrogens is 359 g/mol. The van der Waals surface area contributed by atoms with Crippen molar-refractivity contribution in [1.29, 1.82) is 0 Å². The predicted molar refractivity (Wildman–Crippen MR) is 97.4 cm³/mol. The lowest BCUT2D eigenvalue weighted by molar-refractivity contribution is -0.138. The number of ether oxygens (including phenoxy) is 1. The van der Waals surface area contributed by atoms with Gasteiger partial charge in [0.25, 0.3) is 0 Å². The van der Waals surface area contributed by atoms with Crippen molar-refractivity contribution in [3.63, 3.8) is 0 Å². The number of benzene rings is 1. The average molecular weight is 387 g/mol. The Morgan fingerprint density at radius 1 is 1.11 bits per heavy atom. The number of carbonyl (C=O) groups excluding carboxylic acids is 1. The fraction of sp³-hybridized carbons (Fsp3) is 0.632. The first kappa shape index (κ1) is 21.5. The Hall–Kier alpha value is -1.80. The van der Waals surface area contributed by atoms with Crippen LogP contribution < -0.4 is 5.32 Å². The van der Waals surface area contributed by atoms with Crippen molar-refractivity contribution in [2.24, 2.45) is 0 Å². The van der Waals surface area contributed by atoms with Gasteiger partial charge >= 0.3 is 12.3 Å². The number of hydrogen-bond acceptors (Lipinski definition) is 4. The highest BCUT2D eigenvalue weighted by molar-refractivity contribution is 5.68. The molecule has 0 unspecified atom stereocenters. The summed E-state index contributed by atoms with van der Waals surface area (Å²) in [4.78, 5) is 15.9. The maximum atomic E-state index is 13.0. The van der Waals surface area contributed by atoms with Crippen molar-refractivity contribution >= 4 is 6.09 Å². The molecule has 0 bridgehead atoms. The standard InChI is InChI=1S/C19H28F3N3O2/c1-18(2,3)27-17(26)25-12-10-24(11-13-25)9-8-23-14-15-6-4-5-7-16(15)19(20,21)22/h4-7,23H,8-14H2,1-3H3. The van der Waals surface area contributed by atoms with Crippen LogP contribution in [0.3, 0.4) is 0 Å². The van der Waals surface area contributed by atoms with E-state index in [1.165, 1.54) is 12.1 Å². The summed E-state index contributed by atoms with van der Waals surface area (Å²) in [6.07, 6.45) is -4.64. The zero-order chi connectivity index (χ0) is 20.1. The van der Waals surface area contributed by atoms with E-state index in [0.717, 1.165) is 25.7 Å². The van der Waals surface area contributed by atoms with Crippen LogP contribution >= 0.6 is 0 Å². The van der Waals surface area contributed by atoms with E-state index in [-0.39, 0.29) is 18.2 Å². The third kappa shape index (κ3) is 7.03. The fourth-order valence-electron chi connectivity index (χ4n) is 2.89. The number of nitrogens with one attached hydrogen (secondary N) is 1. The van der Waals surface area contributed by atoms with Gasteiger partial charge in [0, 0.05) is 45.8 Å². The summed E-state index contributed by atoms with van der Waals surface area (Å²) in [5.74, 6) is 0. The topological polar surface area (TPSA) is 44.8 Å². The van der Waals surface area contributed by atoms with E-state index in [0.29, 0.717) is 19.6 Å². The fourth-order valence-corrected chi connectivity index (χ4v) is 2.89. The molecule has 27 heavy (non-hydrogen) atoms. The SMILES string of the molecule is CC(C)(C)OC(=O)N1CCN(CCNCc2ccccc2C(F)(F)F)CC1. The molecule has 1 amide bonds. The van der Waals surface area contributed by atoms with Gasteiger partial charge in [0.2, 0.25) is 0 Å². The summed E-state index contributed by atoms with van der Waals surface area (Å²) in [5, 5.41) is 3.08. The minimum absolute atomic E-state index is 0.174. The highest BCUT2D eigenvalue weighted by Gasteiger charge is 2.32. The lowest BCUT2D eigenvalue weighted by Crippen LogP contribution is -2.51. The van der Waals surface area contributed by atoms with Gasteiger partial charge in [-0.3, -0.25) is 4.90 Å². The normalized spacial score (nSPS) is 16.4. The van der Waals surface area contributed by atoms with Crippen molar-refractivity contribution in [1.82, 2.24) is 15.1 Å². The van der Waals surface area contributed by atoms with Crippen LogP contribution in [0.4, 0.5) is 18.0 Å². The van der Waals surface area contributed by atoms with Gasteiger partial charge in [-0.25, -0.2) is 4.79 Å². The molecule has 1 aromatic carbocycles. The molecule has 2 rings (SSSR count). The zero-order valence-electron chi connectivity index (χ0n) is 16.1. The van der Waals surface area contributed by atoms with Gasteiger partial charge in [-0.05, 0) is 32.4 Å². The van der Waals surface area contributed by atoms with E-state index in [4.69, 9.17) is 4.74 Å². The van der Waals surface area contributed by atoms with E-state index >= 15 is 0 Å². The van der Waals surface area contributed by atoms with Crippen molar-refractivity contribution in [2.75, 3.05) is 39.3 Å². The van der Waals surface area contributed by atoms with Crippen molar-refractivity contribution in [3.05, 3.63) is 35.4 Å². The van der Waals surface area contributed by atoms with Crippen LogP contribution in [0.1, 0.15) is 31.9 Å². The molecule has 0 aliphatic carbocycles. The quantitative estimate of drug-likeness (QED) is 0.787. The van der Waals surface area contributed by atoms with Crippen LogP contribution in [-0.4, -0.2) is 60.8 Å². The Kier molecular flexibility index (Phi) is 7.11. The van der Waals surface area contributed by atoms with E-state index in [9.17, 15) is 18.0 Å². The summed E-state index contributed by atoms with van der Waals surface area (Å²) >= 11 is 0. The Labute approximate surface area is 158 Å². The lowest BCUT2D eigenvalue weighted by Gasteiger charge is -2.35. The summed E-state index contributed by atoms with van der Waals surface area (Å²) in [7, 11) is 0. The Balaban J connectivity index is 1.71. The molecule has 0 spiro atoms. The summed E-state index contributed by atoms with van der Waals surface area (Å²) < 4.78 is 44.3. The second-order valence-corrected chi connectivity index (χ2v) is 7.64. The zero-order valence-corrected chi connectivity index (χ0v) is 16.1. The van der Waals surface area contributed by atoms with Gasteiger partial charge < -0.3 is 15.0 Å². The lowest BCUT2D eigenvalue weighted by atomic mass is 10.1. The summed E-state index contributed by atoms with van der Waals surface area (Å²) in [6.45, 7) is 9.61. The van der Waals surface area contributed by atoms with E-state index < -0.39 is 17.3 Å². The van der Waals surface area contributed by atoms with Crippen LogP contribution in [0.15, 0.2) is 24.3 Å². The number of piperazine rings is 1. The van der Waals surface area contributed by atoms with Crippen LogP contribution in [-0.2, 0) is 17.5 Å². The van der Waals surface area contributed by atoms with Crippen molar-refractivity contribution < 1.29 is 22.7 Å². The largest absolute Gasteiger partial charge is 0.444 e. The number of alkyl halides is 3. The maximum absolute atomic E-state index is 13.0. The molecule has 1 saturated heterocycles. The molecule has 1 heterocycles. The van der Waals surface area contributed by atoms with E-state index in [1.807, 2.05) is 20.8 Å². The predicted octanol–water partition coefficient (Wildman–Crippen LogP) is 3.35. The van der Waals surface area contributed by atoms with Crippen LogP contribution in [0.2, 0.25) is 0 Å². The Bertz CT molecular complexity index is 621. The number of rotatable bonds is 5. The van der Waals surface area contributed by atoms with E-state index in [1.54, 1.807) is 11.0 Å². The highest BCUT2D eigenvalue weighted by Crippen LogP contribution is 2.31. The number of amides is 1. The van der Waals surface area contributed by atoms with Gasteiger partial charge in [0.15, 0.2) is 0 Å². The minimum atomic E-state index is -4.34. The molecule has 0 aromatic heterocycles. The number of nitrogens with zero attached hydrogens (tertiary/aromatic N) is 2. The van der Waals surface area contributed by atoms with Gasteiger partial charge in [-0.1, -0.05) is 18.2 Å². The molecule has 1 aromatic rings. The average Bonchev–Trinajstić information content (AvgIpc) is 2.57. The van der Waals surface area contributed by atoms with Gasteiger partial charge in [-0.2, -0.15) is 13.2 Å².